The smallest absolute Gasteiger partial charge is 0.657 e. The third-order valence-electron chi connectivity index (χ3n) is 8.56. The Balaban J connectivity index is 0.00000384. The van der Waals surface area contributed by atoms with Crippen LogP contribution in [0.5, 0.6) is 0 Å². The number of aliphatic carboxylic acids is 2. The summed E-state index contributed by atoms with van der Waals surface area (Å²) < 4.78 is 0. The largest absolute Gasteiger partial charge is 2.00 e. The molecule has 0 spiro atoms. The predicted octanol–water partition coefficient (Wildman–Crippen LogP) is 5.99. The van der Waals surface area contributed by atoms with Gasteiger partial charge in [0.15, 0.2) is 11.0 Å². The molecule has 0 radical (unpaired) electrons. The SMILES string of the molecule is C=CC1=C(C)c2cc3[n-]c(cc4nc(cc5[n-]c(cc1n2)c(C)c5[C@@H]1C[SH+]1)C(C)=C4CCC(=O)O)c(CCC(=O)O)c3C.[Fe+2]. The number of carboxylic acids is 2. The molecule has 6 rings (SSSR count). The van der Waals surface area contributed by atoms with Gasteiger partial charge in [-0.15, -0.1) is 22.1 Å². The number of nitrogens with zero attached hydrogens (tertiary/aromatic N) is 4. The van der Waals surface area contributed by atoms with Gasteiger partial charge < -0.3 is 20.2 Å². The van der Waals surface area contributed by atoms with Crippen LogP contribution in [0.3, 0.4) is 0 Å². The van der Waals surface area contributed by atoms with E-state index in [0.29, 0.717) is 34.8 Å². The summed E-state index contributed by atoms with van der Waals surface area (Å²) in [6.07, 6.45) is 2.39. The Hall–Kier alpha value is -3.85. The minimum atomic E-state index is -0.885. The van der Waals surface area contributed by atoms with Crippen LogP contribution < -0.4 is 9.97 Å². The first kappa shape index (κ1) is 31.6. The molecule has 2 N–H and O–H groups in total. The van der Waals surface area contributed by atoms with E-state index in [-0.39, 0.29) is 29.9 Å². The van der Waals surface area contributed by atoms with Gasteiger partial charge in [-0.25, -0.2) is 9.97 Å². The van der Waals surface area contributed by atoms with E-state index in [4.69, 9.17) is 19.9 Å². The molecule has 0 saturated carbocycles. The standard InChI is InChI=1S/C34H34N4O4S.Fe/c1-6-20-16(2)23-11-24-17(3)21(7-9-32(39)40)28(36-24)14-29-22(8-10-33(41)42)18(4)25(37-29)13-30-34(31-15-43-31)19(5)26(38-30)12-27(20)35-23;/h6,11-14,31H,1,7-10,15H2,2-5H3,(H4,35,36,37,38,39,40,41,42);/q;+2/p-1/t31-;/m0./s1. The fourth-order valence-corrected chi connectivity index (χ4v) is 6.81. The maximum atomic E-state index is 11.6. The van der Waals surface area contributed by atoms with Crippen molar-refractivity contribution >= 4 is 68.1 Å². The number of thiol groups is 1. The van der Waals surface area contributed by atoms with Crippen LogP contribution in [0.2, 0.25) is 0 Å². The van der Waals surface area contributed by atoms with Gasteiger partial charge in [0.25, 0.3) is 0 Å². The minimum Gasteiger partial charge on any atom is -0.657 e. The molecular formula is C34H33FeN4O4S+. The van der Waals surface area contributed by atoms with Crippen molar-refractivity contribution in [2.45, 2.75) is 58.6 Å². The maximum absolute atomic E-state index is 11.6. The number of rotatable bonds is 8. The molecule has 0 aliphatic carbocycles. The van der Waals surface area contributed by atoms with Crippen LogP contribution in [0.4, 0.5) is 0 Å². The number of hydrogen-bond donors (Lipinski definition) is 2. The molecule has 1 saturated heterocycles. The molecule has 8 bridgehead atoms. The van der Waals surface area contributed by atoms with Crippen LogP contribution in [0.25, 0.3) is 44.4 Å². The first-order valence-corrected chi connectivity index (χ1v) is 15.5. The summed E-state index contributed by atoms with van der Waals surface area (Å²) in [6, 6.07) is 7.88. The molecule has 1 fully saturated rings. The molecule has 0 aromatic carbocycles. The van der Waals surface area contributed by atoms with Gasteiger partial charge in [0.1, 0.15) is 0 Å². The van der Waals surface area contributed by atoms with Crippen LogP contribution in [0.1, 0.15) is 83.4 Å². The molecule has 6 heterocycles. The molecule has 44 heavy (non-hydrogen) atoms. The zero-order valence-corrected chi connectivity index (χ0v) is 27.0. The van der Waals surface area contributed by atoms with E-state index in [1.54, 1.807) is 0 Å². The second kappa shape index (κ2) is 12.3. The molecule has 10 heteroatoms. The molecule has 3 aliphatic heterocycles. The van der Waals surface area contributed by atoms with Crippen molar-refractivity contribution in [2.24, 2.45) is 0 Å². The topological polar surface area (TPSA) is 129 Å². The van der Waals surface area contributed by atoms with Crippen molar-refractivity contribution in [3.8, 4) is 0 Å². The Morgan fingerprint density at radius 3 is 2.05 bits per heavy atom. The minimum absolute atomic E-state index is 0. The third kappa shape index (κ3) is 5.82. The Labute approximate surface area is 270 Å². The molecular weight excluding hydrogens is 616 g/mol. The number of carbonyl (C=O) groups is 2. The van der Waals surface area contributed by atoms with E-state index in [9.17, 15) is 19.8 Å². The zero-order valence-electron chi connectivity index (χ0n) is 25.0. The summed E-state index contributed by atoms with van der Waals surface area (Å²) in [5, 5.41) is 19.4. The summed E-state index contributed by atoms with van der Waals surface area (Å²) in [4.78, 5) is 43.1. The fourth-order valence-electron chi connectivity index (χ4n) is 6.01. The molecule has 0 amide bonds. The first-order chi connectivity index (χ1) is 20.5. The number of aryl methyl sites for hydroxylation is 3. The van der Waals surface area contributed by atoms with Gasteiger partial charge in [0.05, 0.1) is 22.8 Å². The van der Waals surface area contributed by atoms with Crippen LogP contribution in [0.15, 0.2) is 36.9 Å². The summed E-state index contributed by atoms with van der Waals surface area (Å²) in [6.45, 7) is 12.1. The van der Waals surface area contributed by atoms with Gasteiger partial charge >= 0.3 is 29.0 Å². The summed E-state index contributed by atoms with van der Waals surface area (Å²) in [5.74, 6) is -0.670. The molecule has 3 aromatic rings. The van der Waals surface area contributed by atoms with Crippen LogP contribution in [0, 0.1) is 13.8 Å². The van der Waals surface area contributed by atoms with Gasteiger partial charge in [-0.2, -0.15) is 0 Å². The van der Waals surface area contributed by atoms with Crippen molar-refractivity contribution in [3.05, 3.63) is 81.9 Å². The van der Waals surface area contributed by atoms with Crippen molar-refractivity contribution in [2.75, 3.05) is 5.75 Å². The molecule has 0 unspecified atom stereocenters. The summed E-state index contributed by atoms with van der Waals surface area (Å²) in [5.41, 5.74) is 13.8. The van der Waals surface area contributed by atoms with E-state index in [1.807, 2.05) is 51.1 Å². The van der Waals surface area contributed by atoms with Crippen LogP contribution >= 0.6 is 0 Å². The average molecular weight is 650 g/mol. The Morgan fingerprint density at radius 1 is 0.841 bits per heavy atom. The first-order valence-electron chi connectivity index (χ1n) is 14.3. The van der Waals surface area contributed by atoms with Crippen molar-refractivity contribution in [3.63, 3.8) is 0 Å². The summed E-state index contributed by atoms with van der Waals surface area (Å²) >= 11 is 1.38. The van der Waals surface area contributed by atoms with E-state index in [2.05, 4.69) is 13.5 Å². The van der Waals surface area contributed by atoms with E-state index < -0.39 is 11.9 Å². The van der Waals surface area contributed by atoms with E-state index >= 15 is 0 Å². The van der Waals surface area contributed by atoms with Gasteiger partial charge in [-0.3, -0.25) is 9.59 Å². The molecule has 3 aliphatic rings. The van der Waals surface area contributed by atoms with Crippen molar-refractivity contribution < 1.29 is 36.9 Å². The third-order valence-corrected chi connectivity index (χ3v) is 9.55. The monoisotopic (exact) mass is 649 g/mol. The second-order valence-electron chi connectivity index (χ2n) is 11.3. The Kier molecular flexibility index (Phi) is 8.80. The molecule has 226 valence electrons. The summed E-state index contributed by atoms with van der Waals surface area (Å²) in [7, 11) is 0. The zero-order chi connectivity index (χ0) is 30.6. The van der Waals surface area contributed by atoms with E-state index in [1.165, 1.54) is 17.3 Å². The Bertz CT molecular complexity index is 1960. The molecule has 3 aromatic heterocycles. The normalized spacial score (nSPS) is 15.8. The number of fused-ring (bicyclic) bond motifs is 8. The Morgan fingerprint density at radius 2 is 1.39 bits per heavy atom. The quantitative estimate of drug-likeness (QED) is 0.132. The second-order valence-corrected chi connectivity index (χ2v) is 12.6. The molecule has 1 atom stereocenters. The maximum Gasteiger partial charge on any atom is 2.00 e. The van der Waals surface area contributed by atoms with E-state index in [0.717, 1.165) is 72.9 Å². The number of aromatic nitrogens is 4. The molecule has 8 nitrogen and oxygen atoms in total. The average Bonchev–Trinajstić information content (AvgIpc) is 3.50. The number of hydrogen-bond acceptors (Lipinski definition) is 4. The van der Waals surface area contributed by atoms with Crippen LogP contribution in [-0.4, -0.2) is 37.9 Å². The van der Waals surface area contributed by atoms with Crippen molar-refractivity contribution in [1.29, 1.82) is 0 Å². The number of allylic oxidation sites excluding steroid dienone is 5. The van der Waals surface area contributed by atoms with Gasteiger partial charge in [-0.1, -0.05) is 53.6 Å². The predicted molar refractivity (Wildman–Crippen MR) is 173 cm³/mol. The number of carboxylic acid groups (broad SMARTS) is 2. The van der Waals surface area contributed by atoms with Crippen LogP contribution in [-0.2, 0) is 44.8 Å². The van der Waals surface area contributed by atoms with Gasteiger partial charge in [0.2, 0.25) is 0 Å². The van der Waals surface area contributed by atoms with Gasteiger partial charge in [-0.05, 0) is 74.6 Å². The van der Waals surface area contributed by atoms with Crippen molar-refractivity contribution in [1.82, 2.24) is 19.9 Å². The fraction of sp³-hybridized carbons (Fsp3) is 0.294. The van der Waals surface area contributed by atoms with Gasteiger partial charge in [0, 0.05) is 18.4 Å².